The molecule has 88 valence electrons. The lowest BCUT2D eigenvalue weighted by atomic mass is 10.3. The number of aromatic nitrogens is 2. The molecule has 2 atom stereocenters. The van der Waals surface area contributed by atoms with E-state index >= 15 is 0 Å². The van der Waals surface area contributed by atoms with E-state index in [0.717, 1.165) is 5.69 Å². The highest BCUT2D eigenvalue weighted by Crippen LogP contribution is 2.28. The van der Waals surface area contributed by atoms with E-state index in [1.165, 1.54) is 11.8 Å². The van der Waals surface area contributed by atoms with E-state index < -0.39 is 15.9 Å². The molecule has 1 saturated heterocycles. The third kappa shape index (κ3) is 2.72. The first-order chi connectivity index (χ1) is 7.46. The highest BCUT2D eigenvalue weighted by Gasteiger charge is 2.37. The van der Waals surface area contributed by atoms with Crippen molar-refractivity contribution in [2.75, 3.05) is 11.5 Å². The van der Waals surface area contributed by atoms with Gasteiger partial charge in [0.05, 0.1) is 22.9 Å². The Kier molecular flexibility index (Phi) is 3.18. The molecule has 0 radical (unpaired) electrons. The first-order valence-electron chi connectivity index (χ1n) is 4.81. The number of aryl methyl sites for hydroxylation is 1. The van der Waals surface area contributed by atoms with Crippen molar-refractivity contribution in [2.24, 2.45) is 0 Å². The predicted octanol–water partition coefficient (Wildman–Crippen LogP) is 0.0350. The number of hydrogen-bond acceptors (Lipinski definition) is 6. The van der Waals surface area contributed by atoms with Crippen molar-refractivity contribution in [1.82, 2.24) is 9.97 Å². The number of rotatable bonds is 2. The molecule has 0 spiro atoms. The number of thioether (sulfide) groups is 1. The largest absolute Gasteiger partial charge is 0.391 e. The molecule has 0 unspecified atom stereocenters. The van der Waals surface area contributed by atoms with Gasteiger partial charge in [-0.2, -0.15) is 0 Å². The average Bonchev–Trinajstić information content (AvgIpc) is 2.39. The summed E-state index contributed by atoms with van der Waals surface area (Å²) in [4.78, 5) is 8.20. The summed E-state index contributed by atoms with van der Waals surface area (Å²) in [6.45, 7) is 1.84. The fourth-order valence-corrected chi connectivity index (χ4v) is 5.00. The van der Waals surface area contributed by atoms with Gasteiger partial charge in [-0.05, 0) is 13.0 Å². The standard InChI is InChI=1S/C9H12N2O3S2/c1-6-2-3-10-9(11-6)15-8-5-16(13,14)4-7(8)12/h2-3,7-8,12H,4-5H2,1H3/t7-,8-/m1/s1. The minimum Gasteiger partial charge on any atom is -0.391 e. The topological polar surface area (TPSA) is 80.2 Å². The fourth-order valence-electron chi connectivity index (χ4n) is 1.53. The smallest absolute Gasteiger partial charge is 0.188 e. The van der Waals surface area contributed by atoms with Crippen molar-refractivity contribution in [3.8, 4) is 0 Å². The molecule has 1 aromatic rings. The second-order valence-corrected chi connectivity index (χ2v) is 7.14. The minimum absolute atomic E-state index is 0.00383. The summed E-state index contributed by atoms with van der Waals surface area (Å²) in [5.74, 6) is -0.160. The number of nitrogens with zero attached hydrogens (tertiary/aromatic N) is 2. The predicted molar refractivity (Wildman–Crippen MR) is 61.1 cm³/mol. The summed E-state index contributed by atoms with van der Waals surface area (Å²) in [7, 11) is -3.10. The molecule has 1 fully saturated rings. The summed E-state index contributed by atoms with van der Waals surface area (Å²) < 4.78 is 22.6. The van der Waals surface area contributed by atoms with Gasteiger partial charge in [-0.1, -0.05) is 11.8 Å². The van der Waals surface area contributed by atoms with Gasteiger partial charge >= 0.3 is 0 Å². The van der Waals surface area contributed by atoms with Gasteiger partial charge in [-0.3, -0.25) is 0 Å². The molecular formula is C9H12N2O3S2. The van der Waals surface area contributed by atoms with E-state index in [-0.39, 0.29) is 16.8 Å². The van der Waals surface area contributed by atoms with Crippen LogP contribution in [0, 0.1) is 6.92 Å². The van der Waals surface area contributed by atoms with Crippen molar-refractivity contribution in [3.05, 3.63) is 18.0 Å². The van der Waals surface area contributed by atoms with Gasteiger partial charge in [0.1, 0.15) is 0 Å². The summed E-state index contributed by atoms with van der Waals surface area (Å²) >= 11 is 1.22. The van der Waals surface area contributed by atoms with Crippen molar-refractivity contribution in [1.29, 1.82) is 0 Å². The van der Waals surface area contributed by atoms with Crippen LogP contribution in [0.5, 0.6) is 0 Å². The molecule has 0 aromatic carbocycles. The Balaban J connectivity index is 2.11. The zero-order chi connectivity index (χ0) is 11.8. The summed E-state index contributed by atoms with van der Waals surface area (Å²) in [5.41, 5.74) is 0.827. The Bertz CT molecular complexity index is 489. The van der Waals surface area contributed by atoms with Crippen LogP contribution >= 0.6 is 11.8 Å². The van der Waals surface area contributed by atoms with Crippen LogP contribution in [0.2, 0.25) is 0 Å². The quantitative estimate of drug-likeness (QED) is 0.756. The lowest BCUT2D eigenvalue weighted by molar-refractivity contribution is 0.207. The second-order valence-electron chi connectivity index (χ2n) is 3.78. The van der Waals surface area contributed by atoms with Crippen LogP contribution in [0.4, 0.5) is 0 Å². The molecule has 0 bridgehead atoms. The maximum atomic E-state index is 11.3. The molecule has 1 N–H and O–H groups in total. The summed E-state index contributed by atoms with van der Waals surface area (Å²) in [5, 5.41) is 9.76. The van der Waals surface area contributed by atoms with Crippen molar-refractivity contribution in [3.63, 3.8) is 0 Å². The zero-order valence-electron chi connectivity index (χ0n) is 8.70. The van der Waals surface area contributed by atoms with Crippen LogP contribution in [0.15, 0.2) is 17.4 Å². The van der Waals surface area contributed by atoms with Crippen molar-refractivity contribution < 1.29 is 13.5 Å². The van der Waals surface area contributed by atoms with E-state index in [9.17, 15) is 13.5 Å². The molecule has 1 aliphatic heterocycles. The minimum atomic E-state index is -3.10. The molecule has 16 heavy (non-hydrogen) atoms. The van der Waals surface area contributed by atoms with Gasteiger partial charge in [0, 0.05) is 11.9 Å². The monoisotopic (exact) mass is 260 g/mol. The first kappa shape index (κ1) is 11.8. The third-order valence-electron chi connectivity index (χ3n) is 2.30. The Morgan fingerprint density at radius 3 is 2.81 bits per heavy atom. The molecule has 0 amide bonds. The van der Waals surface area contributed by atoms with E-state index in [1.54, 1.807) is 12.3 Å². The number of sulfone groups is 1. The van der Waals surface area contributed by atoms with Crippen LogP contribution < -0.4 is 0 Å². The van der Waals surface area contributed by atoms with E-state index in [4.69, 9.17) is 0 Å². The maximum absolute atomic E-state index is 11.3. The molecule has 2 heterocycles. The van der Waals surface area contributed by atoms with E-state index in [1.807, 2.05) is 6.92 Å². The van der Waals surface area contributed by atoms with Crippen LogP contribution in [0.25, 0.3) is 0 Å². The fraction of sp³-hybridized carbons (Fsp3) is 0.556. The molecule has 5 nitrogen and oxygen atoms in total. The first-order valence-corrected chi connectivity index (χ1v) is 7.51. The van der Waals surface area contributed by atoms with E-state index in [2.05, 4.69) is 9.97 Å². The van der Waals surface area contributed by atoms with Gasteiger partial charge in [-0.25, -0.2) is 18.4 Å². The lowest BCUT2D eigenvalue weighted by Gasteiger charge is -2.10. The molecule has 0 aliphatic carbocycles. The number of aliphatic hydroxyl groups excluding tert-OH is 1. The van der Waals surface area contributed by atoms with Crippen LogP contribution in [0.1, 0.15) is 5.69 Å². The molecule has 2 rings (SSSR count). The van der Waals surface area contributed by atoms with Gasteiger partial charge in [0.15, 0.2) is 15.0 Å². The molecule has 1 aromatic heterocycles. The summed E-state index contributed by atoms with van der Waals surface area (Å²) in [6.07, 6.45) is 0.805. The Morgan fingerprint density at radius 1 is 1.50 bits per heavy atom. The van der Waals surface area contributed by atoms with Crippen molar-refractivity contribution >= 4 is 21.6 Å². The summed E-state index contributed by atoms with van der Waals surface area (Å²) in [6, 6.07) is 1.77. The molecule has 1 aliphatic rings. The highest BCUT2D eigenvalue weighted by atomic mass is 32.2. The molecular weight excluding hydrogens is 248 g/mol. The van der Waals surface area contributed by atoms with Crippen molar-refractivity contribution in [2.45, 2.75) is 23.4 Å². The van der Waals surface area contributed by atoms with Crippen LogP contribution in [-0.2, 0) is 9.84 Å². The average molecular weight is 260 g/mol. The zero-order valence-corrected chi connectivity index (χ0v) is 10.3. The lowest BCUT2D eigenvalue weighted by Crippen LogP contribution is -2.20. The van der Waals surface area contributed by atoms with Gasteiger partial charge < -0.3 is 5.11 Å². The van der Waals surface area contributed by atoms with Crippen LogP contribution in [-0.4, -0.2) is 46.4 Å². The van der Waals surface area contributed by atoms with E-state index in [0.29, 0.717) is 5.16 Å². The Hall–Kier alpha value is -0.660. The number of aliphatic hydroxyl groups is 1. The van der Waals surface area contributed by atoms with Gasteiger partial charge in [-0.15, -0.1) is 0 Å². The number of hydrogen-bond donors (Lipinski definition) is 1. The molecule has 7 heteroatoms. The Labute approximate surface area is 98.2 Å². The Morgan fingerprint density at radius 2 is 2.25 bits per heavy atom. The van der Waals surface area contributed by atoms with Crippen LogP contribution in [0.3, 0.4) is 0 Å². The normalized spacial score (nSPS) is 28.1. The maximum Gasteiger partial charge on any atom is 0.188 e. The van der Waals surface area contributed by atoms with Gasteiger partial charge in [0.25, 0.3) is 0 Å². The third-order valence-corrected chi connectivity index (χ3v) is 5.42. The SMILES string of the molecule is Cc1ccnc(S[C@@H]2CS(=O)(=O)C[C@H]2O)n1. The van der Waals surface area contributed by atoms with Gasteiger partial charge in [0.2, 0.25) is 0 Å². The highest BCUT2D eigenvalue weighted by molar-refractivity contribution is 8.01. The second kappa shape index (κ2) is 4.31. The molecule has 0 saturated carbocycles.